The second kappa shape index (κ2) is 2.16. The average Bonchev–Trinajstić information content (AvgIpc) is 1.62. The van der Waals surface area contributed by atoms with Crippen molar-refractivity contribution in [3.63, 3.8) is 0 Å². The molecule has 6 nitrogen and oxygen atoms in total. The molecule has 0 aromatic rings. The Balaban J connectivity index is 4.26. The van der Waals surface area contributed by atoms with Gasteiger partial charge in [0.05, 0.1) is 0 Å². The van der Waals surface area contributed by atoms with Crippen LogP contribution in [0.25, 0.3) is 0 Å². The van der Waals surface area contributed by atoms with Crippen molar-refractivity contribution in [2.45, 2.75) is 5.56 Å². The van der Waals surface area contributed by atoms with Crippen LogP contribution in [0.5, 0.6) is 0 Å². The van der Waals surface area contributed by atoms with Gasteiger partial charge in [-0.3, -0.25) is 0 Å². The highest BCUT2D eigenvalue weighted by atomic mass is 32.2. The van der Waals surface area contributed by atoms with Crippen LogP contribution in [0.1, 0.15) is 0 Å². The molecule has 0 aliphatic heterocycles. The topological polar surface area (TPSA) is 110 Å². The van der Waals surface area contributed by atoms with Crippen LogP contribution in [0, 0.1) is 4.91 Å². The molecule has 0 rings (SSSR count). The maximum absolute atomic E-state index is 9.54. The lowest BCUT2D eigenvalue weighted by atomic mass is 11.4. The minimum absolute atomic E-state index is 1.45. The molecule has 0 aromatic heterocycles. The van der Waals surface area contributed by atoms with Gasteiger partial charge >= 0.3 is 0 Å². The zero-order chi connectivity index (χ0) is 6.78. The minimum Gasteiger partial charge on any atom is -0.821 e. The van der Waals surface area contributed by atoms with Crippen LogP contribution >= 0.6 is 0 Å². The van der Waals surface area contributed by atoms with E-state index in [1.54, 1.807) is 0 Å². The van der Waals surface area contributed by atoms with E-state index in [0.717, 1.165) is 0 Å². The molecule has 0 bridgehead atoms. The van der Waals surface area contributed by atoms with Crippen molar-refractivity contribution < 1.29 is 18.1 Å². The normalized spacial score (nSPS) is 15.2. The van der Waals surface area contributed by atoms with Crippen LogP contribution in [0.2, 0.25) is 0 Å². The average molecular weight is 139 g/mol. The molecule has 0 saturated heterocycles. The summed E-state index contributed by atoms with van der Waals surface area (Å²) >= 11 is 0. The Kier molecular flexibility index (Phi) is 2.02. The lowest BCUT2D eigenvalue weighted by Gasteiger charge is -2.15. The summed E-state index contributed by atoms with van der Waals surface area (Å²) in [6.07, 6.45) is 0. The standard InChI is InChI=1S/CH2NO5S/c3-1(2-4)8(5,6)7/h1H,(H,5,6,7)/q-1/p-1. The second-order valence-corrected chi connectivity index (χ2v) is 2.29. The monoisotopic (exact) mass is 139 g/mol. The molecule has 8 heavy (non-hydrogen) atoms. The van der Waals surface area contributed by atoms with Crippen LogP contribution in [-0.2, 0) is 10.1 Å². The van der Waals surface area contributed by atoms with Crippen molar-refractivity contribution in [2.24, 2.45) is 5.18 Å². The first kappa shape index (κ1) is 7.47. The number of nitroso groups, excluding NO2 is 1. The van der Waals surface area contributed by atoms with Crippen LogP contribution in [-0.4, -0.2) is 18.5 Å². The molecule has 0 aliphatic carbocycles. The van der Waals surface area contributed by atoms with Gasteiger partial charge in [-0.1, -0.05) is 5.18 Å². The van der Waals surface area contributed by atoms with Crippen LogP contribution in [0.4, 0.5) is 0 Å². The van der Waals surface area contributed by atoms with Gasteiger partial charge < -0.3 is 9.66 Å². The summed E-state index contributed by atoms with van der Waals surface area (Å²) in [5.41, 5.74) is -2.91. The highest BCUT2D eigenvalue weighted by Crippen LogP contribution is 1.87. The Morgan fingerprint density at radius 3 is 1.88 bits per heavy atom. The summed E-state index contributed by atoms with van der Waals surface area (Å²) < 4.78 is 28.2. The molecule has 0 fully saturated rings. The van der Waals surface area contributed by atoms with Gasteiger partial charge in [-0.2, -0.15) is 4.91 Å². The molecule has 1 unspecified atom stereocenters. The van der Waals surface area contributed by atoms with Crippen molar-refractivity contribution in [3.8, 4) is 0 Å². The van der Waals surface area contributed by atoms with Crippen molar-refractivity contribution in [2.75, 3.05) is 0 Å². The van der Waals surface area contributed by atoms with E-state index in [9.17, 15) is 18.1 Å². The molecule has 7 heteroatoms. The Bertz CT molecular complexity index is 169. The highest BCUT2D eigenvalue weighted by molar-refractivity contribution is 7.86. The summed E-state index contributed by atoms with van der Waals surface area (Å²) in [6.45, 7) is 0. The van der Waals surface area contributed by atoms with Gasteiger partial charge in [-0.15, -0.1) is 0 Å². The first-order valence-electron chi connectivity index (χ1n) is 1.41. The van der Waals surface area contributed by atoms with E-state index in [1.807, 2.05) is 0 Å². The van der Waals surface area contributed by atoms with Gasteiger partial charge in [0, 0.05) is 0 Å². The fourth-order valence-corrected chi connectivity index (χ4v) is 0.158. The lowest BCUT2D eigenvalue weighted by Crippen LogP contribution is -2.31. The van der Waals surface area contributed by atoms with Crippen molar-refractivity contribution in [3.05, 3.63) is 4.91 Å². The van der Waals surface area contributed by atoms with Gasteiger partial charge in [-0.05, 0) is 0 Å². The van der Waals surface area contributed by atoms with Gasteiger partial charge in [0.2, 0.25) is 0 Å². The molecule has 0 amide bonds. The molecule has 0 aromatic carbocycles. The first-order chi connectivity index (χ1) is 3.48. The number of nitrogens with zero attached hydrogens (tertiary/aromatic N) is 1. The van der Waals surface area contributed by atoms with E-state index in [4.69, 9.17) is 4.91 Å². The van der Waals surface area contributed by atoms with Crippen molar-refractivity contribution >= 4 is 10.1 Å². The predicted octanol–water partition coefficient (Wildman–Crippen LogP) is -2.06. The second-order valence-electron chi connectivity index (χ2n) is 0.905. The quantitative estimate of drug-likeness (QED) is 0.322. The fourth-order valence-electron chi connectivity index (χ4n) is 0.0527. The molecule has 0 heterocycles. The molecular weight excluding hydrogens is 138 g/mol. The number of hydrogen-bond acceptors (Lipinski definition) is 6. The zero-order valence-corrected chi connectivity index (χ0v) is 4.29. The molecule has 0 N–H and O–H groups in total. The van der Waals surface area contributed by atoms with E-state index in [1.165, 1.54) is 5.18 Å². The highest BCUT2D eigenvalue weighted by Gasteiger charge is 1.98. The number of hydrogen-bond donors (Lipinski definition) is 0. The lowest BCUT2D eigenvalue weighted by molar-refractivity contribution is -0.387. The summed E-state index contributed by atoms with van der Waals surface area (Å²) in [4.78, 5) is 9.01. The molecular formula is CHNO5S-2. The zero-order valence-electron chi connectivity index (χ0n) is 3.47. The van der Waals surface area contributed by atoms with E-state index in [0.29, 0.717) is 0 Å². The third-order valence-corrected chi connectivity index (χ3v) is 0.913. The Labute approximate surface area is 44.9 Å². The van der Waals surface area contributed by atoms with Crippen molar-refractivity contribution in [1.29, 1.82) is 0 Å². The summed E-state index contributed by atoms with van der Waals surface area (Å²) in [6, 6.07) is 0. The van der Waals surface area contributed by atoms with E-state index in [-0.39, 0.29) is 0 Å². The van der Waals surface area contributed by atoms with Gasteiger partial charge in [0.15, 0.2) is 0 Å². The SMILES string of the molecule is O=NC([O-])S(=O)(=O)[O-]. The molecule has 1 atom stereocenters. The molecule has 48 valence electrons. The van der Waals surface area contributed by atoms with Crippen molar-refractivity contribution in [1.82, 2.24) is 0 Å². The molecule has 0 aliphatic rings. The number of rotatable bonds is 2. The summed E-state index contributed by atoms with van der Waals surface area (Å²) in [5.74, 6) is 0. The largest absolute Gasteiger partial charge is 0.821 e. The third-order valence-electron chi connectivity index (χ3n) is 0.333. The molecule has 0 spiro atoms. The fraction of sp³-hybridized carbons (Fsp3) is 1.00. The van der Waals surface area contributed by atoms with Gasteiger partial charge in [0.1, 0.15) is 15.7 Å². The maximum atomic E-state index is 9.54. The summed E-state index contributed by atoms with van der Waals surface area (Å²) in [5, 5.41) is 11.0. The Morgan fingerprint density at radius 1 is 1.50 bits per heavy atom. The minimum atomic E-state index is -5.04. The molecule has 0 radical (unpaired) electrons. The van der Waals surface area contributed by atoms with Gasteiger partial charge in [0.25, 0.3) is 0 Å². The first-order valence-corrected chi connectivity index (χ1v) is 2.88. The smallest absolute Gasteiger partial charge is 0.110 e. The van der Waals surface area contributed by atoms with Crippen LogP contribution in [0.3, 0.4) is 0 Å². The third kappa shape index (κ3) is 1.96. The summed E-state index contributed by atoms with van der Waals surface area (Å²) in [7, 11) is -5.04. The van der Waals surface area contributed by atoms with Crippen LogP contribution in [0.15, 0.2) is 5.18 Å². The van der Waals surface area contributed by atoms with E-state index < -0.39 is 15.7 Å². The molecule has 0 saturated carbocycles. The van der Waals surface area contributed by atoms with Gasteiger partial charge in [-0.25, -0.2) is 8.42 Å². The Hall–Kier alpha value is -0.530. The van der Waals surface area contributed by atoms with Crippen LogP contribution < -0.4 is 5.11 Å². The maximum Gasteiger partial charge on any atom is 0.110 e. The van der Waals surface area contributed by atoms with E-state index in [2.05, 4.69) is 0 Å². The van der Waals surface area contributed by atoms with E-state index >= 15 is 0 Å². The predicted molar refractivity (Wildman–Crippen MR) is 19.3 cm³/mol. The Morgan fingerprint density at radius 2 is 1.88 bits per heavy atom.